The van der Waals surface area contributed by atoms with Crippen LogP contribution in [0.2, 0.25) is 0 Å². The highest BCUT2D eigenvalue weighted by Gasteiger charge is 2.22. The van der Waals surface area contributed by atoms with Crippen LogP contribution in [-0.2, 0) is 23.9 Å². The second-order valence-electron chi connectivity index (χ2n) is 9.07. The Hall–Kier alpha value is -3.67. The van der Waals surface area contributed by atoms with Crippen LogP contribution in [0.15, 0.2) is 78.4 Å². The summed E-state index contributed by atoms with van der Waals surface area (Å²) in [6.45, 7) is 18.0. The highest BCUT2D eigenvalue weighted by molar-refractivity contribution is 5.89. The fourth-order valence-corrected chi connectivity index (χ4v) is 3.56. The van der Waals surface area contributed by atoms with Crippen molar-refractivity contribution in [3.05, 3.63) is 84.0 Å². The molecule has 1 aliphatic carbocycles. The van der Waals surface area contributed by atoms with E-state index < -0.39 is 17.9 Å². The Morgan fingerprint density at radius 2 is 1.37 bits per heavy atom. The summed E-state index contributed by atoms with van der Waals surface area (Å²) < 4.78 is 15.9. The van der Waals surface area contributed by atoms with Crippen molar-refractivity contribution >= 4 is 23.5 Å². The van der Waals surface area contributed by atoms with Crippen LogP contribution in [0.3, 0.4) is 0 Å². The van der Waals surface area contributed by atoms with E-state index in [9.17, 15) is 14.4 Å². The summed E-state index contributed by atoms with van der Waals surface area (Å²) in [5.41, 5.74) is 4.38. The topological polar surface area (TPSA) is 78.9 Å². The van der Waals surface area contributed by atoms with Gasteiger partial charge in [0.05, 0.1) is 13.2 Å². The first-order valence-electron chi connectivity index (χ1n) is 11.5. The highest BCUT2D eigenvalue weighted by atomic mass is 16.5. The summed E-state index contributed by atoms with van der Waals surface area (Å²) in [6, 6.07) is 7.40. The van der Waals surface area contributed by atoms with Crippen LogP contribution < -0.4 is 4.74 Å². The molecule has 1 aromatic carbocycles. The van der Waals surface area contributed by atoms with Gasteiger partial charge < -0.3 is 14.2 Å². The van der Waals surface area contributed by atoms with E-state index >= 15 is 0 Å². The Kier molecular flexibility index (Phi) is 10.0. The molecule has 1 unspecified atom stereocenters. The zero-order valence-electron chi connectivity index (χ0n) is 21.0. The summed E-state index contributed by atoms with van der Waals surface area (Å²) in [5, 5.41) is 0. The molecular weight excluding hydrogens is 444 g/mol. The lowest BCUT2D eigenvalue weighted by atomic mass is 9.82. The molecule has 0 aliphatic heterocycles. The van der Waals surface area contributed by atoms with E-state index in [1.165, 1.54) is 11.1 Å². The van der Waals surface area contributed by atoms with Gasteiger partial charge in [-0.25, -0.2) is 14.4 Å². The standard InChI is InChI=1S/C29H34O6/c1-18(2)27(30)33-16-23(17-34-28(31)19(3)4)15-22-8-13-26(21(7)14-22)24-9-11-25(12-10-24)35-29(32)20(5)6/h8-13,21,23H,1,3,5,14-17H2,2,4,6-7H3. The van der Waals surface area contributed by atoms with Gasteiger partial charge in [-0.15, -0.1) is 0 Å². The third-order valence-electron chi connectivity index (χ3n) is 5.49. The Morgan fingerprint density at radius 3 is 1.83 bits per heavy atom. The van der Waals surface area contributed by atoms with E-state index in [2.05, 4.69) is 38.8 Å². The van der Waals surface area contributed by atoms with Gasteiger partial charge in [0.15, 0.2) is 0 Å². The predicted molar refractivity (Wildman–Crippen MR) is 136 cm³/mol. The van der Waals surface area contributed by atoms with Crippen LogP contribution in [0.25, 0.3) is 5.57 Å². The molecule has 35 heavy (non-hydrogen) atoms. The van der Waals surface area contributed by atoms with E-state index in [0.717, 1.165) is 12.0 Å². The zero-order chi connectivity index (χ0) is 26.1. The SMILES string of the molecule is C=C(C)C(=O)OCC(COC(=O)C(=C)C)CC1=CC=C(c2ccc(OC(=O)C(=C)C)cc2)C(C)C1. The molecule has 0 heterocycles. The van der Waals surface area contributed by atoms with Crippen molar-refractivity contribution < 1.29 is 28.6 Å². The Morgan fingerprint density at radius 1 is 0.857 bits per heavy atom. The van der Waals surface area contributed by atoms with Crippen LogP contribution in [0, 0.1) is 11.8 Å². The Balaban J connectivity index is 2.11. The summed E-state index contributed by atoms with van der Waals surface area (Å²) in [5.74, 6) is -0.849. The van der Waals surface area contributed by atoms with E-state index in [1.807, 2.05) is 12.1 Å². The lowest BCUT2D eigenvalue weighted by Gasteiger charge is -2.25. The number of carbonyl (C=O) groups excluding carboxylic acids is 3. The lowest BCUT2D eigenvalue weighted by molar-refractivity contribution is -0.144. The van der Waals surface area contributed by atoms with Crippen LogP contribution in [-0.4, -0.2) is 31.1 Å². The lowest BCUT2D eigenvalue weighted by Crippen LogP contribution is -2.22. The summed E-state index contributed by atoms with van der Waals surface area (Å²) >= 11 is 0. The molecule has 6 nitrogen and oxygen atoms in total. The monoisotopic (exact) mass is 478 g/mol. The number of hydrogen-bond donors (Lipinski definition) is 0. The second-order valence-corrected chi connectivity index (χ2v) is 9.07. The van der Waals surface area contributed by atoms with Gasteiger partial charge in [-0.3, -0.25) is 0 Å². The summed E-state index contributed by atoms with van der Waals surface area (Å²) in [6.07, 6.45) is 5.59. The number of allylic oxidation sites excluding steroid dienone is 4. The average Bonchev–Trinajstić information content (AvgIpc) is 2.80. The molecule has 0 bridgehead atoms. The van der Waals surface area contributed by atoms with E-state index in [0.29, 0.717) is 28.9 Å². The van der Waals surface area contributed by atoms with E-state index in [1.54, 1.807) is 32.9 Å². The highest BCUT2D eigenvalue weighted by Crippen LogP contribution is 2.35. The molecule has 1 aromatic rings. The van der Waals surface area contributed by atoms with Crippen LogP contribution in [0.5, 0.6) is 5.75 Å². The molecule has 0 saturated carbocycles. The Bertz CT molecular complexity index is 1040. The van der Waals surface area contributed by atoms with Gasteiger partial charge in [0, 0.05) is 22.6 Å². The fraction of sp³-hybridized carbons (Fsp3) is 0.345. The minimum atomic E-state index is -0.466. The minimum Gasteiger partial charge on any atom is -0.462 e. The molecule has 1 aliphatic rings. The predicted octanol–water partition coefficient (Wildman–Crippen LogP) is 5.76. The molecule has 186 valence electrons. The quantitative estimate of drug-likeness (QED) is 0.228. The average molecular weight is 479 g/mol. The van der Waals surface area contributed by atoms with Crippen molar-refractivity contribution in [1.82, 2.24) is 0 Å². The molecule has 0 amide bonds. The second kappa shape index (κ2) is 12.7. The first-order chi connectivity index (χ1) is 16.5. The minimum absolute atomic E-state index is 0.127. The molecule has 0 spiro atoms. The van der Waals surface area contributed by atoms with Gasteiger partial charge in [-0.1, -0.05) is 56.5 Å². The van der Waals surface area contributed by atoms with Crippen molar-refractivity contribution in [3.8, 4) is 5.75 Å². The Labute approximate surface area is 207 Å². The molecule has 2 rings (SSSR count). The first kappa shape index (κ1) is 27.6. The first-order valence-corrected chi connectivity index (χ1v) is 11.5. The molecule has 6 heteroatoms. The third kappa shape index (κ3) is 8.56. The molecule has 0 N–H and O–H groups in total. The number of esters is 3. The van der Waals surface area contributed by atoms with Crippen molar-refractivity contribution in [2.75, 3.05) is 13.2 Å². The van der Waals surface area contributed by atoms with Crippen molar-refractivity contribution in [2.24, 2.45) is 11.8 Å². The van der Waals surface area contributed by atoms with Crippen LogP contribution in [0.1, 0.15) is 46.1 Å². The van der Waals surface area contributed by atoms with Gasteiger partial charge in [0.1, 0.15) is 5.75 Å². The number of hydrogen-bond acceptors (Lipinski definition) is 6. The summed E-state index contributed by atoms with van der Waals surface area (Å²) in [7, 11) is 0. The number of carbonyl (C=O) groups is 3. The molecule has 0 saturated heterocycles. The number of benzene rings is 1. The van der Waals surface area contributed by atoms with Gasteiger partial charge in [-0.05, 0) is 62.8 Å². The van der Waals surface area contributed by atoms with Crippen LogP contribution in [0.4, 0.5) is 0 Å². The van der Waals surface area contributed by atoms with E-state index in [-0.39, 0.29) is 25.0 Å². The normalized spacial score (nSPS) is 14.9. The molecule has 0 radical (unpaired) electrons. The van der Waals surface area contributed by atoms with Crippen molar-refractivity contribution in [1.29, 1.82) is 0 Å². The maximum absolute atomic E-state index is 11.9. The van der Waals surface area contributed by atoms with Gasteiger partial charge in [0.2, 0.25) is 0 Å². The third-order valence-corrected chi connectivity index (χ3v) is 5.49. The smallest absolute Gasteiger partial charge is 0.338 e. The van der Waals surface area contributed by atoms with Crippen molar-refractivity contribution in [3.63, 3.8) is 0 Å². The largest absolute Gasteiger partial charge is 0.462 e. The molecule has 1 atom stereocenters. The van der Waals surface area contributed by atoms with Gasteiger partial charge >= 0.3 is 17.9 Å². The molecule has 0 aromatic heterocycles. The number of ether oxygens (including phenoxy) is 3. The van der Waals surface area contributed by atoms with Gasteiger partial charge in [0.25, 0.3) is 0 Å². The zero-order valence-corrected chi connectivity index (χ0v) is 21.0. The molecule has 0 fully saturated rings. The fourth-order valence-electron chi connectivity index (χ4n) is 3.56. The van der Waals surface area contributed by atoms with Crippen LogP contribution >= 0.6 is 0 Å². The maximum Gasteiger partial charge on any atom is 0.338 e. The van der Waals surface area contributed by atoms with Crippen molar-refractivity contribution in [2.45, 2.75) is 40.5 Å². The summed E-state index contributed by atoms with van der Waals surface area (Å²) in [4.78, 5) is 35.4. The maximum atomic E-state index is 11.9. The van der Waals surface area contributed by atoms with E-state index in [4.69, 9.17) is 14.2 Å². The number of rotatable bonds is 11. The van der Waals surface area contributed by atoms with Gasteiger partial charge in [-0.2, -0.15) is 0 Å². The molecular formula is C29H34O6.